The molecular formula is C17H13FN2O2. The molecule has 2 N–H and O–H groups in total. The number of pyridine rings is 1. The summed E-state index contributed by atoms with van der Waals surface area (Å²) in [5.41, 5.74) is 8.47. The molecule has 0 saturated carbocycles. The first kappa shape index (κ1) is 12.9. The van der Waals surface area contributed by atoms with E-state index in [1.165, 1.54) is 6.07 Å². The summed E-state index contributed by atoms with van der Waals surface area (Å²) in [4.78, 5) is 12.3. The number of nitrogen functional groups attached to an aromatic ring is 1. The van der Waals surface area contributed by atoms with Gasteiger partial charge in [0.05, 0.1) is 11.1 Å². The first-order chi connectivity index (χ1) is 10.5. The highest BCUT2D eigenvalue weighted by Crippen LogP contribution is 2.42. The number of halogens is 1. The molecule has 22 heavy (non-hydrogen) atoms. The zero-order chi connectivity index (χ0) is 15.6. The van der Waals surface area contributed by atoms with Gasteiger partial charge in [-0.3, -0.25) is 4.79 Å². The van der Waals surface area contributed by atoms with Gasteiger partial charge in [0, 0.05) is 29.1 Å². The molecule has 0 aliphatic carbocycles. The molecule has 1 aliphatic rings. The number of aromatic nitrogens is 1. The Morgan fingerprint density at radius 1 is 1.23 bits per heavy atom. The first-order valence-corrected chi connectivity index (χ1v) is 6.90. The molecule has 2 aromatic carbocycles. The number of fused-ring (bicyclic) bond motifs is 2. The number of aryl methyl sites for hydroxylation is 1. The van der Waals surface area contributed by atoms with Crippen LogP contribution in [-0.2, 0) is 0 Å². The summed E-state index contributed by atoms with van der Waals surface area (Å²) in [5, 5.41) is 0.320. The van der Waals surface area contributed by atoms with Crippen LogP contribution in [0.25, 0.3) is 16.6 Å². The largest absolute Gasteiger partial charge is 0.452 e. The van der Waals surface area contributed by atoms with E-state index in [9.17, 15) is 9.18 Å². The van der Waals surface area contributed by atoms with Gasteiger partial charge in [-0.15, -0.1) is 0 Å². The van der Waals surface area contributed by atoms with Gasteiger partial charge in [-0.05, 0) is 32.0 Å². The molecule has 0 atom stereocenters. The van der Waals surface area contributed by atoms with Crippen LogP contribution in [0.1, 0.15) is 11.1 Å². The fourth-order valence-electron chi connectivity index (χ4n) is 2.89. The van der Waals surface area contributed by atoms with Gasteiger partial charge in [0.1, 0.15) is 11.3 Å². The monoisotopic (exact) mass is 296 g/mol. The standard InChI is InChI=1S/C17H13FN2O2/c1-8-7-20-13-4-3-10(19)5-14(13)22-17-9(2)12(18)6-11(15(17)20)16(8)21/h3-7H,19H2,1-2H3. The zero-order valence-electron chi connectivity index (χ0n) is 12.1. The third-order valence-electron chi connectivity index (χ3n) is 4.06. The third kappa shape index (κ3) is 1.53. The van der Waals surface area contributed by atoms with Crippen molar-refractivity contribution in [1.29, 1.82) is 0 Å². The molecule has 1 aliphatic heterocycles. The molecule has 0 amide bonds. The summed E-state index contributed by atoms with van der Waals surface area (Å²) in [6.07, 6.45) is 1.75. The molecule has 0 spiro atoms. The summed E-state index contributed by atoms with van der Waals surface area (Å²) < 4.78 is 21.9. The van der Waals surface area contributed by atoms with Crippen molar-refractivity contribution in [1.82, 2.24) is 4.57 Å². The smallest absolute Gasteiger partial charge is 0.192 e. The predicted molar refractivity (Wildman–Crippen MR) is 83.5 cm³/mol. The normalized spacial score (nSPS) is 12.1. The maximum Gasteiger partial charge on any atom is 0.192 e. The quantitative estimate of drug-likeness (QED) is 0.506. The molecule has 5 heteroatoms. The Morgan fingerprint density at radius 3 is 2.77 bits per heavy atom. The van der Waals surface area contributed by atoms with Crippen LogP contribution in [0.15, 0.2) is 35.3 Å². The van der Waals surface area contributed by atoms with Gasteiger partial charge in [-0.1, -0.05) is 0 Å². The molecule has 2 heterocycles. The summed E-state index contributed by atoms with van der Waals surface area (Å²) in [6, 6.07) is 6.58. The Morgan fingerprint density at radius 2 is 2.00 bits per heavy atom. The van der Waals surface area contributed by atoms with Crippen molar-refractivity contribution in [3.05, 3.63) is 57.6 Å². The van der Waals surface area contributed by atoms with E-state index in [1.54, 1.807) is 32.2 Å². The van der Waals surface area contributed by atoms with E-state index in [0.29, 0.717) is 39.2 Å². The fourth-order valence-corrected chi connectivity index (χ4v) is 2.89. The number of nitrogens with two attached hydrogens (primary N) is 1. The van der Waals surface area contributed by atoms with Crippen LogP contribution in [0.4, 0.5) is 10.1 Å². The van der Waals surface area contributed by atoms with Gasteiger partial charge in [-0.2, -0.15) is 0 Å². The maximum absolute atomic E-state index is 14.2. The second-order valence-corrected chi connectivity index (χ2v) is 5.55. The molecule has 0 radical (unpaired) electrons. The van der Waals surface area contributed by atoms with E-state index >= 15 is 0 Å². The van der Waals surface area contributed by atoms with E-state index < -0.39 is 5.82 Å². The minimum atomic E-state index is -0.455. The summed E-state index contributed by atoms with van der Waals surface area (Å²) in [5.74, 6) is 0.458. The van der Waals surface area contributed by atoms with Gasteiger partial charge >= 0.3 is 0 Å². The Bertz CT molecular complexity index is 1020. The van der Waals surface area contributed by atoms with Crippen LogP contribution in [0, 0.1) is 19.7 Å². The van der Waals surface area contributed by atoms with Crippen LogP contribution in [0.2, 0.25) is 0 Å². The second-order valence-electron chi connectivity index (χ2n) is 5.55. The number of hydrogen-bond acceptors (Lipinski definition) is 3. The summed E-state index contributed by atoms with van der Waals surface area (Å²) in [6.45, 7) is 3.35. The Balaban J connectivity index is 2.26. The lowest BCUT2D eigenvalue weighted by atomic mass is 10.0. The highest BCUT2D eigenvalue weighted by Gasteiger charge is 2.24. The zero-order valence-corrected chi connectivity index (χ0v) is 12.1. The van der Waals surface area contributed by atoms with Gasteiger partial charge < -0.3 is 15.0 Å². The van der Waals surface area contributed by atoms with Crippen molar-refractivity contribution in [3.8, 4) is 17.2 Å². The SMILES string of the molecule is Cc1c(F)cc2c(=O)c(C)cn3c2c1Oc1cc(N)ccc1-3. The van der Waals surface area contributed by atoms with Gasteiger partial charge in [-0.25, -0.2) is 4.39 Å². The fraction of sp³-hybridized carbons (Fsp3) is 0.118. The van der Waals surface area contributed by atoms with E-state index in [1.807, 2.05) is 10.6 Å². The highest BCUT2D eigenvalue weighted by molar-refractivity contribution is 5.90. The predicted octanol–water partition coefficient (Wildman–Crippen LogP) is 3.43. The van der Waals surface area contributed by atoms with Crippen LogP contribution in [-0.4, -0.2) is 4.57 Å². The minimum Gasteiger partial charge on any atom is -0.452 e. The van der Waals surface area contributed by atoms with E-state index in [4.69, 9.17) is 10.5 Å². The molecule has 0 bridgehead atoms. The number of nitrogens with zero attached hydrogens (tertiary/aromatic N) is 1. The molecule has 0 saturated heterocycles. The number of hydrogen-bond donors (Lipinski definition) is 1. The van der Waals surface area contributed by atoms with Gasteiger partial charge in [0.15, 0.2) is 16.9 Å². The Labute approximate surface area is 125 Å². The molecule has 4 nitrogen and oxygen atoms in total. The van der Waals surface area contributed by atoms with E-state index in [0.717, 1.165) is 5.69 Å². The maximum atomic E-state index is 14.2. The minimum absolute atomic E-state index is 0.186. The lowest BCUT2D eigenvalue weighted by molar-refractivity contribution is 0.464. The number of benzene rings is 2. The van der Waals surface area contributed by atoms with E-state index in [-0.39, 0.29) is 5.43 Å². The van der Waals surface area contributed by atoms with Crippen molar-refractivity contribution in [2.24, 2.45) is 0 Å². The van der Waals surface area contributed by atoms with E-state index in [2.05, 4.69) is 0 Å². The first-order valence-electron chi connectivity index (χ1n) is 6.90. The molecule has 1 aromatic heterocycles. The van der Waals surface area contributed by atoms with Crippen molar-refractivity contribution in [2.75, 3.05) is 5.73 Å². The molecule has 0 fully saturated rings. The lowest BCUT2D eigenvalue weighted by Crippen LogP contribution is -2.16. The lowest BCUT2D eigenvalue weighted by Gasteiger charge is -2.25. The number of anilines is 1. The molecule has 0 unspecified atom stereocenters. The second kappa shape index (κ2) is 4.10. The molecule has 4 rings (SSSR count). The average Bonchev–Trinajstić information content (AvgIpc) is 2.48. The van der Waals surface area contributed by atoms with Crippen LogP contribution < -0.4 is 15.9 Å². The van der Waals surface area contributed by atoms with Crippen molar-refractivity contribution in [2.45, 2.75) is 13.8 Å². The van der Waals surface area contributed by atoms with Gasteiger partial charge in [0.25, 0.3) is 0 Å². The molecular weight excluding hydrogens is 283 g/mol. The topological polar surface area (TPSA) is 57.2 Å². The van der Waals surface area contributed by atoms with Crippen LogP contribution in [0.3, 0.4) is 0 Å². The Kier molecular flexibility index (Phi) is 2.40. The highest BCUT2D eigenvalue weighted by atomic mass is 19.1. The third-order valence-corrected chi connectivity index (χ3v) is 4.06. The number of rotatable bonds is 0. The summed E-state index contributed by atoms with van der Waals surface area (Å²) in [7, 11) is 0. The van der Waals surface area contributed by atoms with Crippen LogP contribution in [0.5, 0.6) is 11.5 Å². The average molecular weight is 296 g/mol. The Hall–Kier alpha value is -2.82. The van der Waals surface area contributed by atoms with Crippen LogP contribution >= 0.6 is 0 Å². The molecule has 110 valence electrons. The number of ether oxygens (including phenoxy) is 1. The summed E-state index contributed by atoms with van der Waals surface area (Å²) >= 11 is 0. The van der Waals surface area contributed by atoms with Crippen molar-refractivity contribution < 1.29 is 9.13 Å². The van der Waals surface area contributed by atoms with Gasteiger partial charge in [0.2, 0.25) is 0 Å². The van der Waals surface area contributed by atoms with Crippen molar-refractivity contribution >= 4 is 16.6 Å². The van der Waals surface area contributed by atoms with Crippen molar-refractivity contribution in [3.63, 3.8) is 0 Å². The molecule has 3 aromatic rings.